The zero-order valence-electron chi connectivity index (χ0n) is 10.3. The van der Waals surface area contributed by atoms with E-state index in [1.165, 1.54) is 0 Å². The molecular weight excluding hydrogens is 434 g/mol. The molecule has 0 atom stereocenters. The summed E-state index contributed by atoms with van der Waals surface area (Å²) in [5.41, 5.74) is 0. The first-order chi connectivity index (χ1) is 10.4. The average molecular weight is 434 g/mol. The van der Waals surface area contributed by atoms with Gasteiger partial charge in [0.25, 0.3) is 0 Å². The monoisotopic (exact) mass is 434 g/mol. The SMILES string of the molecule is O=S(=O)(OC(F)(F)C(F)(F)C(F)(F)F)OC(F)(F)C(F)(F)C(F)(F)F. The van der Waals surface area contributed by atoms with Gasteiger partial charge in [0.2, 0.25) is 0 Å². The van der Waals surface area contributed by atoms with Crippen molar-refractivity contribution in [2.75, 3.05) is 0 Å². The Hall–Kier alpha value is -1.11. The zero-order chi connectivity index (χ0) is 20.9. The van der Waals surface area contributed by atoms with Gasteiger partial charge in [-0.25, -0.2) is 0 Å². The standard InChI is InChI=1S/C6F14O4S/c7-1(8,3(11,12)13)5(17,18)23-25(21,22)24-6(19,20)2(9,10)4(14,15)16. The second-order valence-corrected chi connectivity index (χ2v) is 4.90. The Morgan fingerprint density at radius 1 is 0.480 bits per heavy atom. The van der Waals surface area contributed by atoms with Crippen LogP contribution in [-0.4, -0.2) is 44.8 Å². The van der Waals surface area contributed by atoms with E-state index in [-0.39, 0.29) is 0 Å². The van der Waals surface area contributed by atoms with E-state index < -0.39 is 46.8 Å². The van der Waals surface area contributed by atoms with Gasteiger partial charge >= 0.3 is 46.8 Å². The van der Waals surface area contributed by atoms with Crippen molar-refractivity contribution in [3.63, 3.8) is 0 Å². The summed E-state index contributed by atoms with van der Waals surface area (Å²) in [6.45, 7) is 0. The van der Waals surface area contributed by atoms with Crippen LogP contribution in [0.4, 0.5) is 61.5 Å². The molecule has 152 valence electrons. The van der Waals surface area contributed by atoms with Gasteiger partial charge in [0.05, 0.1) is 0 Å². The van der Waals surface area contributed by atoms with Crippen LogP contribution in [0, 0.1) is 0 Å². The van der Waals surface area contributed by atoms with Gasteiger partial charge in [-0.3, -0.25) is 0 Å². The lowest BCUT2D eigenvalue weighted by atomic mass is 10.3. The fraction of sp³-hybridized carbons (Fsp3) is 1.00. The molecule has 0 radical (unpaired) electrons. The summed E-state index contributed by atoms with van der Waals surface area (Å²) in [5, 5.41) is 0. The number of alkyl halides is 14. The Bertz CT molecular complexity index is 539. The predicted octanol–water partition coefficient (Wildman–Crippen LogP) is 3.85. The van der Waals surface area contributed by atoms with Gasteiger partial charge in [-0.1, -0.05) is 0 Å². The minimum absolute atomic E-state index is 1.63. The first kappa shape index (κ1) is 23.9. The van der Waals surface area contributed by atoms with E-state index in [1.807, 2.05) is 0 Å². The highest BCUT2D eigenvalue weighted by Gasteiger charge is 2.78. The van der Waals surface area contributed by atoms with Crippen LogP contribution in [0.5, 0.6) is 0 Å². The molecule has 0 rings (SSSR count). The van der Waals surface area contributed by atoms with E-state index in [0.717, 1.165) is 0 Å². The lowest BCUT2D eigenvalue weighted by molar-refractivity contribution is -0.414. The van der Waals surface area contributed by atoms with Crippen molar-refractivity contribution >= 4 is 10.4 Å². The van der Waals surface area contributed by atoms with E-state index in [9.17, 15) is 69.9 Å². The van der Waals surface area contributed by atoms with Gasteiger partial charge in [-0.2, -0.15) is 78.2 Å². The minimum atomic E-state index is -7.64. The third-order valence-corrected chi connectivity index (χ3v) is 2.68. The molecule has 0 aliphatic heterocycles. The van der Waals surface area contributed by atoms with Crippen LogP contribution in [0.15, 0.2) is 0 Å². The fourth-order valence-corrected chi connectivity index (χ4v) is 1.46. The fourth-order valence-electron chi connectivity index (χ4n) is 0.708. The Balaban J connectivity index is 5.71. The Kier molecular flexibility index (Phi) is 5.70. The molecule has 0 aromatic carbocycles. The van der Waals surface area contributed by atoms with Crippen molar-refractivity contribution in [1.82, 2.24) is 0 Å². The smallest absolute Gasteiger partial charge is 0.186 e. The van der Waals surface area contributed by atoms with E-state index in [0.29, 0.717) is 0 Å². The molecule has 0 bridgehead atoms. The van der Waals surface area contributed by atoms with Gasteiger partial charge in [0.1, 0.15) is 0 Å². The maximum absolute atomic E-state index is 12.5. The maximum atomic E-state index is 12.5. The van der Waals surface area contributed by atoms with Crippen LogP contribution < -0.4 is 0 Å². The van der Waals surface area contributed by atoms with Crippen LogP contribution in [0.2, 0.25) is 0 Å². The molecule has 4 nitrogen and oxygen atoms in total. The zero-order valence-corrected chi connectivity index (χ0v) is 11.1. The molecule has 0 saturated carbocycles. The summed E-state index contributed by atoms with van der Waals surface area (Å²) in [6, 6.07) is 0. The lowest BCUT2D eigenvalue weighted by Crippen LogP contribution is -2.56. The van der Waals surface area contributed by atoms with Gasteiger partial charge in [-0.15, -0.1) is 0 Å². The molecule has 0 aromatic rings. The number of hydrogen-bond acceptors (Lipinski definition) is 4. The second-order valence-electron chi connectivity index (χ2n) is 3.75. The summed E-state index contributed by atoms with van der Waals surface area (Å²) < 4.78 is 193. The largest absolute Gasteiger partial charge is 0.462 e. The third kappa shape index (κ3) is 4.54. The molecule has 0 spiro atoms. The van der Waals surface area contributed by atoms with Crippen LogP contribution in [0.1, 0.15) is 0 Å². The van der Waals surface area contributed by atoms with Crippen LogP contribution in [0.25, 0.3) is 0 Å². The van der Waals surface area contributed by atoms with E-state index in [2.05, 4.69) is 0 Å². The quantitative estimate of drug-likeness (QED) is 0.597. The molecule has 0 aliphatic carbocycles. The summed E-state index contributed by atoms with van der Waals surface area (Å²) in [4.78, 5) is 0. The predicted molar refractivity (Wildman–Crippen MR) is 43.0 cm³/mol. The third-order valence-electron chi connectivity index (χ3n) is 1.86. The Morgan fingerprint density at radius 3 is 0.840 bits per heavy atom. The summed E-state index contributed by atoms with van der Waals surface area (Å²) in [7, 11) is -7.64. The first-order valence-corrected chi connectivity index (χ1v) is 6.05. The Labute approximate surface area is 126 Å². The molecule has 0 N–H and O–H groups in total. The highest BCUT2D eigenvalue weighted by atomic mass is 32.3. The number of rotatable bonds is 6. The average Bonchev–Trinajstić information content (AvgIpc) is 2.21. The van der Waals surface area contributed by atoms with Crippen LogP contribution in [-0.2, 0) is 18.8 Å². The van der Waals surface area contributed by atoms with Gasteiger partial charge in [-0.05, 0) is 0 Å². The summed E-state index contributed by atoms with van der Waals surface area (Å²) >= 11 is 0. The van der Waals surface area contributed by atoms with E-state index in [4.69, 9.17) is 0 Å². The summed E-state index contributed by atoms with van der Waals surface area (Å²) in [6.07, 6.45) is -29.0. The van der Waals surface area contributed by atoms with Crippen molar-refractivity contribution in [2.24, 2.45) is 0 Å². The van der Waals surface area contributed by atoms with Gasteiger partial charge < -0.3 is 0 Å². The Morgan fingerprint density at radius 2 is 0.680 bits per heavy atom. The highest BCUT2D eigenvalue weighted by molar-refractivity contribution is 7.81. The van der Waals surface area contributed by atoms with Crippen molar-refractivity contribution < 1.29 is 78.2 Å². The van der Waals surface area contributed by atoms with Crippen molar-refractivity contribution in [1.29, 1.82) is 0 Å². The van der Waals surface area contributed by atoms with Crippen molar-refractivity contribution in [2.45, 2.75) is 36.4 Å². The molecule has 0 aromatic heterocycles. The molecule has 0 saturated heterocycles. The van der Waals surface area contributed by atoms with E-state index >= 15 is 0 Å². The minimum Gasteiger partial charge on any atom is -0.186 e. The van der Waals surface area contributed by atoms with Crippen LogP contribution in [0.3, 0.4) is 0 Å². The normalized spacial score (nSPS) is 16.2. The highest BCUT2D eigenvalue weighted by Crippen LogP contribution is 2.50. The van der Waals surface area contributed by atoms with Crippen LogP contribution >= 0.6 is 0 Å². The number of hydrogen-bond donors (Lipinski definition) is 0. The molecule has 25 heavy (non-hydrogen) atoms. The number of halogens is 14. The lowest BCUT2D eigenvalue weighted by Gasteiger charge is -2.29. The summed E-state index contributed by atoms with van der Waals surface area (Å²) in [5.74, 6) is -14.8. The van der Waals surface area contributed by atoms with Crippen molar-refractivity contribution in [3.8, 4) is 0 Å². The molecule has 19 heteroatoms. The maximum Gasteiger partial charge on any atom is 0.462 e. The molecule has 0 fully saturated rings. The molecule has 0 amide bonds. The molecule has 0 heterocycles. The molecular formula is C6F14O4S. The topological polar surface area (TPSA) is 52.6 Å². The molecule has 0 unspecified atom stereocenters. The second kappa shape index (κ2) is 5.96. The van der Waals surface area contributed by atoms with Gasteiger partial charge in [0.15, 0.2) is 0 Å². The first-order valence-electron chi connectivity index (χ1n) is 4.72. The van der Waals surface area contributed by atoms with Gasteiger partial charge in [0, 0.05) is 0 Å². The van der Waals surface area contributed by atoms with Crippen molar-refractivity contribution in [3.05, 3.63) is 0 Å². The van der Waals surface area contributed by atoms with E-state index in [1.54, 1.807) is 8.37 Å². The molecule has 0 aliphatic rings.